The van der Waals surface area contributed by atoms with E-state index < -0.39 is 0 Å². The molecule has 0 unspecified atom stereocenters. The number of thiophene rings is 2. The first-order valence-electron chi connectivity index (χ1n) is 6.85. The van der Waals surface area contributed by atoms with Crippen LogP contribution in [-0.2, 0) is 12.8 Å². The third kappa shape index (κ3) is 2.92. The number of ketones is 1. The number of aryl methyl sites for hydroxylation is 1. The topological polar surface area (TPSA) is 52.9 Å². The van der Waals surface area contributed by atoms with E-state index in [0.29, 0.717) is 0 Å². The molecule has 1 aliphatic carbocycles. The Morgan fingerprint density at radius 3 is 3.00 bits per heavy atom. The zero-order valence-corrected chi connectivity index (χ0v) is 13.0. The Balaban J connectivity index is 1.75. The zero-order chi connectivity index (χ0) is 14.7. The number of nitrogens with one attached hydrogen (secondary N) is 1. The van der Waals surface area contributed by atoms with E-state index in [4.69, 9.17) is 0 Å². The average molecular weight is 314 g/mol. The third-order valence-corrected chi connectivity index (χ3v) is 5.60. The summed E-state index contributed by atoms with van der Waals surface area (Å²) in [5, 5.41) is 15.2. The molecule has 1 N–H and O–H groups in total. The van der Waals surface area contributed by atoms with Crippen molar-refractivity contribution in [2.45, 2.75) is 25.7 Å². The van der Waals surface area contributed by atoms with Crippen LogP contribution in [-0.4, -0.2) is 5.78 Å². The maximum Gasteiger partial charge on any atom is 0.197 e. The Morgan fingerprint density at radius 2 is 2.24 bits per heavy atom. The molecule has 0 atom stereocenters. The maximum absolute atomic E-state index is 11.9. The molecule has 2 aromatic heterocycles. The van der Waals surface area contributed by atoms with Crippen LogP contribution in [0.25, 0.3) is 0 Å². The summed E-state index contributed by atoms with van der Waals surface area (Å²) < 4.78 is 0. The minimum atomic E-state index is -0.0164. The number of carbonyl (C=O) groups excluding carboxylic acids is 1. The van der Waals surface area contributed by atoms with Crippen molar-refractivity contribution in [3.63, 3.8) is 0 Å². The first-order valence-corrected chi connectivity index (χ1v) is 8.55. The van der Waals surface area contributed by atoms with Crippen molar-refractivity contribution >= 4 is 33.5 Å². The van der Waals surface area contributed by atoms with Gasteiger partial charge in [0, 0.05) is 17.2 Å². The van der Waals surface area contributed by atoms with E-state index in [1.54, 1.807) is 17.5 Å². The Morgan fingerprint density at radius 1 is 1.38 bits per heavy atom. The van der Waals surface area contributed by atoms with Gasteiger partial charge in [0.05, 0.1) is 10.4 Å². The smallest absolute Gasteiger partial charge is 0.197 e. The van der Waals surface area contributed by atoms with E-state index in [1.807, 2.05) is 17.5 Å². The molecule has 0 radical (unpaired) electrons. The molecule has 5 heteroatoms. The Hall–Kier alpha value is -1.90. The van der Waals surface area contributed by atoms with Crippen molar-refractivity contribution in [3.8, 4) is 6.07 Å². The number of allylic oxidation sites excluding steroid dienone is 1. The second-order valence-corrected chi connectivity index (χ2v) is 6.90. The first kappa shape index (κ1) is 14.1. The molecule has 0 bridgehead atoms. The normalized spacial score (nSPS) is 13.9. The highest BCUT2D eigenvalue weighted by Crippen LogP contribution is 2.37. The number of anilines is 1. The van der Waals surface area contributed by atoms with Gasteiger partial charge in [-0.15, -0.1) is 22.7 Å². The van der Waals surface area contributed by atoms with Gasteiger partial charge in [-0.1, -0.05) is 6.07 Å². The van der Waals surface area contributed by atoms with Crippen LogP contribution in [0.5, 0.6) is 0 Å². The fourth-order valence-electron chi connectivity index (χ4n) is 2.48. The minimum Gasteiger partial charge on any atom is -0.352 e. The van der Waals surface area contributed by atoms with Crippen molar-refractivity contribution in [2.24, 2.45) is 0 Å². The first-order chi connectivity index (χ1) is 10.3. The van der Waals surface area contributed by atoms with Gasteiger partial charge in [-0.3, -0.25) is 4.79 Å². The van der Waals surface area contributed by atoms with Crippen molar-refractivity contribution in [1.82, 2.24) is 0 Å². The van der Waals surface area contributed by atoms with Crippen LogP contribution in [0.15, 0.2) is 29.8 Å². The summed E-state index contributed by atoms with van der Waals surface area (Å²) >= 11 is 3.07. The molecule has 0 saturated heterocycles. The summed E-state index contributed by atoms with van der Waals surface area (Å²) in [6.45, 7) is 0. The number of nitrogens with zero attached hydrogens (tertiary/aromatic N) is 1. The van der Waals surface area contributed by atoms with Crippen molar-refractivity contribution < 1.29 is 4.79 Å². The molecule has 1 aliphatic rings. The Labute approximate surface area is 131 Å². The lowest BCUT2D eigenvalue weighted by molar-refractivity contribution is 0.105. The number of carbonyl (C=O) groups is 1. The third-order valence-electron chi connectivity index (χ3n) is 3.50. The van der Waals surface area contributed by atoms with E-state index in [1.165, 1.54) is 34.3 Å². The monoisotopic (exact) mass is 314 g/mol. The second kappa shape index (κ2) is 6.25. The predicted molar refractivity (Wildman–Crippen MR) is 87.1 cm³/mol. The molecule has 0 amide bonds. The van der Waals surface area contributed by atoms with Gasteiger partial charge in [-0.25, -0.2) is 0 Å². The lowest BCUT2D eigenvalue weighted by Gasteiger charge is -2.09. The van der Waals surface area contributed by atoms with Crippen LogP contribution in [0.2, 0.25) is 0 Å². The second-order valence-electron chi connectivity index (χ2n) is 4.85. The molecular formula is C16H14N2OS2. The summed E-state index contributed by atoms with van der Waals surface area (Å²) in [4.78, 5) is 13.9. The number of hydrogen-bond donors (Lipinski definition) is 1. The molecule has 3 rings (SSSR count). The van der Waals surface area contributed by atoms with Crippen LogP contribution in [0.3, 0.4) is 0 Å². The summed E-state index contributed by atoms with van der Waals surface area (Å²) in [7, 11) is 0. The van der Waals surface area contributed by atoms with Crippen molar-refractivity contribution in [1.29, 1.82) is 5.26 Å². The van der Waals surface area contributed by atoms with Crippen molar-refractivity contribution in [3.05, 3.63) is 50.7 Å². The van der Waals surface area contributed by atoms with Gasteiger partial charge in [-0.05, 0) is 42.7 Å². The molecule has 2 heterocycles. The number of fused-ring (bicyclic) bond motifs is 1. The molecule has 0 saturated carbocycles. The van der Waals surface area contributed by atoms with E-state index in [-0.39, 0.29) is 5.78 Å². The van der Waals surface area contributed by atoms with Gasteiger partial charge in [0.25, 0.3) is 0 Å². The number of hydrogen-bond acceptors (Lipinski definition) is 5. The SMILES string of the molecule is N#Cc1c(N/C=C\C(=O)c2cccs2)sc2c1CCCC2. The summed E-state index contributed by atoms with van der Waals surface area (Å²) in [5.74, 6) is -0.0164. The number of rotatable bonds is 4. The van der Waals surface area contributed by atoms with Gasteiger partial charge in [0.15, 0.2) is 5.78 Å². The van der Waals surface area contributed by atoms with Crippen LogP contribution in [0.1, 0.15) is 38.5 Å². The van der Waals surface area contributed by atoms with Crippen LogP contribution >= 0.6 is 22.7 Å². The Kier molecular flexibility index (Phi) is 4.18. The van der Waals surface area contributed by atoms with E-state index in [2.05, 4.69) is 11.4 Å². The van der Waals surface area contributed by atoms with Gasteiger partial charge >= 0.3 is 0 Å². The summed E-state index contributed by atoms with van der Waals surface area (Å²) in [6, 6.07) is 5.97. The fourth-order valence-corrected chi connectivity index (χ4v) is 4.34. The minimum absolute atomic E-state index is 0.0164. The Bertz CT molecular complexity index is 720. The van der Waals surface area contributed by atoms with E-state index in [0.717, 1.165) is 34.7 Å². The lowest BCUT2D eigenvalue weighted by Crippen LogP contribution is -1.99. The van der Waals surface area contributed by atoms with E-state index >= 15 is 0 Å². The molecule has 2 aromatic rings. The predicted octanol–water partition coefficient (Wildman–Crippen LogP) is 4.37. The van der Waals surface area contributed by atoms with Gasteiger partial charge in [-0.2, -0.15) is 5.26 Å². The largest absolute Gasteiger partial charge is 0.352 e. The quantitative estimate of drug-likeness (QED) is 0.673. The lowest BCUT2D eigenvalue weighted by atomic mass is 9.96. The summed E-state index contributed by atoms with van der Waals surface area (Å²) in [6.07, 6.45) is 7.57. The highest BCUT2D eigenvalue weighted by atomic mass is 32.1. The van der Waals surface area contributed by atoms with Crippen LogP contribution in [0, 0.1) is 11.3 Å². The highest BCUT2D eigenvalue weighted by Gasteiger charge is 2.20. The molecular weight excluding hydrogens is 300 g/mol. The standard InChI is InChI=1S/C16H14N2OS2/c17-10-12-11-4-1-2-5-14(11)21-16(12)18-8-7-13(19)15-6-3-9-20-15/h3,6-9,18H,1-2,4-5H2/b8-7-. The number of nitriles is 1. The maximum atomic E-state index is 11.9. The molecule has 106 valence electrons. The van der Waals surface area contributed by atoms with Crippen molar-refractivity contribution in [2.75, 3.05) is 5.32 Å². The van der Waals surface area contributed by atoms with Gasteiger partial charge in [0.1, 0.15) is 11.1 Å². The molecule has 21 heavy (non-hydrogen) atoms. The highest BCUT2D eigenvalue weighted by molar-refractivity contribution is 7.16. The average Bonchev–Trinajstić information content (AvgIpc) is 3.14. The van der Waals surface area contributed by atoms with Crippen LogP contribution < -0.4 is 5.32 Å². The zero-order valence-electron chi connectivity index (χ0n) is 11.4. The molecule has 0 fully saturated rings. The molecule has 0 aliphatic heterocycles. The van der Waals surface area contributed by atoms with Gasteiger partial charge in [0.2, 0.25) is 0 Å². The molecule has 3 nitrogen and oxygen atoms in total. The molecule has 0 aromatic carbocycles. The molecule has 0 spiro atoms. The van der Waals surface area contributed by atoms with Gasteiger partial charge < -0.3 is 5.32 Å². The fraction of sp³-hybridized carbons (Fsp3) is 0.250. The van der Waals surface area contributed by atoms with E-state index in [9.17, 15) is 10.1 Å². The summed E-state index contributed by atoms with van der Waals surface area (Å²) in [5.41, 5.74) is 1.96. The van der Waals surface area contributed by atoms with Crippen LogP contribution in [0.4, 0.5) is 5.00 Å².